The van der Waals surface area contributed by atoms with E-state index in [2.05, 4.69) is 0 Å². The van der Waals surface area contributed by atoms with Crippen molar-refractivity contribution in [3.63, 3.8) is 0 Å². The van der Waals surface area contributed by atoms with Gasteiger partial charge in [0.15, 0.2) is 0 Å². The second kappa shape index (κ2) is 6.35. The second-order valence-electron chi connectivity index (χ2n) is 5.30. The highest BCUT2D eigenvalue weighted by atomic mass is 19.4. The summed E-state index contributed by atoms with van der Waals surface area (Å²) in [5, 5.41) is 1.65. The molecule has 0 bridgehead atoms. The van der Waals surface area contributed by atoms with E-state index in [-0.39, 0.29) is 11.1 Å². The number of ether oxygens (including phenoxy) is 1. The molecule has 1 atom stereocenters. The average molecular weight is 330 g/mol. The lowest BCUT2D eigenvalue weighted by molar-refractivity contribution is -0.207. The summed E-state index contributed by atoms with van der Waals surface area (Å²) in [6.07, 6.45) is -6.98. The summed E-state index contributed by atoms with van der Waals surface area (Å²) in [4.78, 5) is 12.2. The first-order chi connectivity index (χ1) is 11.4. The maximum atomic E-state index is 13.3. The highest BCUT2D eigenvalue weighted by Gasteiger charge is 2.44. The molecule has 0 amide bonds. The monoisotopic (exact) mass is 330 g/mol. The molecule has 0 aliphatic rings. The molecule has 3 aromatic rings. The van der Waals surface area contributed by atoms with Crippen LogP contribution in [0.1, 0.15) is 22.0 Å². The number of rotatable bonds is 3. The van der Waals surface area contributed by atoms with Gasteiger partial charge in [-0.3, -0.25) is 0 Å². The fourth-order valence-electron chi connectivity index (χ4n) is 2.44. The molecule has 2 nitrogen and oxygen atoms in total. The number of carbonyl (C=O) groups is 1. The molecular weight excluding hydrogens is 317 g/mol. The Balaban J connectivity index is 1.90. The molecule has 0 saturated carbocycles. The van der Waals surface area contributed by atoms with E-state index in [1.54, 1.807) is 24.3 Å². The van der Waals surface area contributed by atoms with Crippen molar-refractivity contribution in [1.29, 1.82) is 0 Å². The van der Waals surface area contributed by atoms with Crippen LogP contribution in [0.4, 0.5) is 13.2 Å². The third kappa shape index (κ3) is 3.40. The Kier molecular flexibility index (Phi) is 4.25. The quantitative estimate of drug-likeness (QED) is 0.609. The van der Waals surface area contributed by atoms with Crippen molar-refractivity contribution < 1.29 is 22.7 Å². The van der Waals surface area contributed by atoms with Crippen LogP contribution in [0.5, 0.6) is 0 Å². The van der Waals surface area contributed by atoms with Crippen LogP contribution in [0.2, 0.25) is 0 Å². The summed E-state index contributed by atoms with van der Waals surface area (Å²) in [6.45, 7) is 0. The first kappa shape index (κ1) is 16.1. The summed E-state index contributed by atoms with van der Waals surface area (Å²) in [5.74, 6) is -1.01. The number of fused-ring (bicyclic) bond motifs is 1. The Morgan fingerprint density at radius 1 is 0.833 bits per heavy atom. The van der Waals surface area contributed by atoms with Crippen LogP contribution in [0.25, 0.3) is 10.8 Å². The van der Waals surface area contributed by atoms with Crippen molar-refractivity contribution in [1.82, 2.24) is 0 Å². The molecule has 3 rings (SSSR count). The van der Waals surface area contributed by atoms with E-state index in [1.165, 1.54) is 36.4 Å². The van der Waals surface area contributed by atoms with Crippen molar-refractivity contribution in [3.05, 3.63) is 83.9 Å². The molecule has 0 heterocycles. The Morgan fingerprint density at radius 3 is 2.12 bits per heavy atom. The van der Waals surface area contributed by atoms with Gasteiger partial charge in [-0.15, -0.1) is 0 Å². The van der Waals surface area contributed by atoms with Crippen molar-refractivity contribution in [3.8, 4) is 0 Å². The van der Waals surface area contributed by atoms with E-state index in [9.17, 15) is 18.0 Å². The average Bonchev–Trinajstić information content (AvgIpc) is 2.58. The predicted octanol–water partition coefficient (Wildman–Crippen LogP) is 5.30. The molecule has 0 radical (unpaired) electrons. The fourth-order valence-corrected chi connectivity index (χ4v) is 2.44. The largest absolute Gasteiger partial charge is 0.444 e. The number of halogens is 3. The lowest BCUT2D eigenvalue weighted by Crippen LogP contribution is -2.26. The zero-order valence-electron chi connectivity index (χ0n) is 12.5. The summed E-state index contributed by atoms with van der Waals surface area (Å²) < 4.78 is 44.5. The number of carbonyl (C=O) groups excluding carboxylic acids is 1. The van der Waals surface area contributed by atoms with Gasteiger partial charge >= 0.3 is 12.1 Å². The van der Waals surface area contributed by atoms with Gasteiger partial charge in [0, 0.05) is 5.56 Å². The van der Waals surface area contributed by atoms with Gasteiger partial charge in [-0.25, -0.2) is 4.79 Å². The van der Waals surface area contributed by atoms with E-state index < -0.39 is 18.2 Å². The van der Waals surface area contributed by atoms with Crippen LogP contribution >= 0.6 is 0 Å². The van der Waals surface area contributed by atoms with Crippen molar-refractivity contribution in [2.24, 2.45) is 0 Å². The fraction of sp³-hybridized carbons (Fsp3) is 0.105. The summed E-state index contributed by atoms with van der Waals surface area (Å²) in [7, 11) is 0. The lowest BCUT2D eigenvalue weighted by atomic mass is 10.1. The van der Waals surface area contributed by atoms with Crippen molar-refractivity contribution >= 4 is 16.7 Å². The summed E-state index contributed by atoms with van der Waals surface area (Å²) in [6, 6.07) is 19.0. The number of alkyl halides is 3. The third-order valence-corrected chi connectivity index (χ3v) is 3.61. The van der Waals surface area contributed by atoms with Gasteiger partial charge in [0.25, 0.3) is 0 Å². The standard InChI is InChI=1S/C19H13F3O2/c20-19(21,22)17(14-7-2-1-3-8-14)24-18(23)16-11-10-13-6-4-5-9-15(13)12-16/h1-12,17H. The molecular formula is C19H13F3O2. The molecule has 122 valence electrons. The Bertz CT molecular complexity index is 857. The maximum Gasteiger partial charge on any atom is 0.429 e. The van der Waals surface area contributed by atoms with Gasteiger partial charge in [-0.1, -0.05) is 60.7 Å². The van der Waals surface area contributed by atoms with Gasteiger partial charge in [0.05, 0.1) is 5.56 Å². The lowest BCUT2D eigenvalue weighted by Gasteiger charge is -2.21. The summed E-state index contributed by atoms with van der Waals surface area (Å²) >= 11 is 0. The molecule has 0 fully saturated rings. The molecule has 0 N–H and O–H groups in total. The molecule has 3 aromatic carbocycles. The number of hydrogen-bond donors (Lipinski definition) is 0. The first-order valence-electron chi connectivity index (χ1n) is 7.26. The van der Waals surface area contributed by atoms with Crippen LogP contribution in [0, 0.1) is 0 Å². The topological polar surface area (TPSA) is 26.3 Å². The number of hydrogen-bond acceptors (Lipinski definition) is 2. The van der Waals surface area contributed by atoms with Crippen LogP contribution < -0.4 is 0 Å². The molecule has 0 saturated heterocycles. The first-order valence-corrected chi connectivity index (χ1v) is 7.26. The Morgan fingerprint density at radius 2 is 1.46 bits per heavy atom. The highest BCUT2D eigenvalue weighted by Crippen LogP contribution is 2.36. The number of benzene rings is 3. The SMILES string of the molecule is O=C(OC(c1ccccc1)C(F)(F)F)c1ccc2ccccc2c1. The summed E-state index contributed by atoms with van der Waals surface area (Å²) in [5.41, 5.74) is -0.0296. The predicted molar refractivity (Wildman–Crippen MR) is 84.6 cm³/mol. The molecule has 0 aromatic heterocycles. The number of esters is 1. The minimum Gasteiger partial charge on any atom is -0.444 e. The van der Waals surface area contributed by atoms with Crippen molar-refractivity contribution in [2.75, 3.05) is 0 Å². The maximum absolute atomic E-state index is 13.3. The smallest absolute Gasteiger partial charge is 0.429 e. The van der Waals surface area contributed by atoms with E-state index in [4.69, 9.17) is 4.74 Å². The normalized spacial score (nSPS) is 12.8. The Hall–Kier alpha value is -2.82. The molecule has 1 unspecified atom stereocenters. The van der Waals surface area contributed by atoms with Crippen LogP contribution in [-0.2, 0) is 4.74 Å². The third-order valence-electron chi connectivity index (χ3n) is 3.61. The molecule has 24 heavy (non-hydrogen) atoms. The van der Waals surface area contributed by atoms with E-state index in [0.717, 1.165) is 10.8 Å². The molecule has 0 spiro atoms. The van der Waals surface area contributed by atoms with E-state index in [0.29, 0.717) is 0 Å². The van der Waals surface area contributed by atoms with Gasteiger partial charge in [0.1, 0.15) is 0 Å². The molecule has 5 heteroatoms. The van der Waals surface area contributed by atoms with E-state index >= 15 is 0 Å². The van der Waals surface area contributed by atoms with Crippen molar-refractivity contribution in [2.45, 2.75) is 12.3 Å². The minimum atomic E-state index is -4.69. The zero-order chi connectivity index (χ0) is 17.2. The Labute approximate surface area is 136 Å². The van der Waals surface area contributed by atoms with Crippen LogP contribution in [0.3, 0.4) is 0 Å². The van der Waals surface area contributed by atoms with Gasteiger partial charge in [-0.2, -0.15) is 13.2 Å². The van der Waals surface area contributed by atoms with Crippen LogP contribution in [0.15, 0.2) is 72.8 Å². The molecule has 0 aliphatic heterocycles. The zero-order valence-corrected chi connectivity index (χ0v) is 12.5. The van der Waals surface area contributed by atoms with Crippen LogP contribution in [-0.4, -0.2) is 12.1 Å². The van der Waals surface area contributed by atoms with Gasteiger partial charge < -0.3 is 4.74 Å². The van der Waals surface area contributed by atoms with E-state index in [1.807, 2.05) is 12.1 Å². The van der Waals surface area contributed by atoms with Gasteiger partial charge in [-0.05, 0) is 22.9 Å². The molecule has 0 aliphatic carbocycles. The second-order valence-corrected chi connectivity index (χ2v) is 5.30. The highest BCUT2D eigenvalue weighted by molar-refractivity contribution is 5.95. The minimum absolute atomic E-state index is 0.0823. The van der Waals surface area contributed by atoms with Gasteiger partial charge in [0.2, 0.25) is 6.10 Å².